The van der Waals surface area contributed by atoms with Crippen molar-refractivity contribution in [1.82, 2.24) is 24.5 Å². The van der Waals surface area contributed by atoms with Crippen LogP contribution in [0.5, 0.6) is 0 Å². The number of fused-ring (bicyclic) bond motifs is 1. The molecule has 3 rings (SSSR count). The lowest BCUT2D eigenvalue weighted by molar-refractivity contribution is 0.511. The van der Waals surface area contributed by atoms with Crippen molar-refractivity contribution in [3.8, 4) is 0 Å². The molecule has 0 aliphatic rings. The fourth-order valence-corrected chi connectivity index (χ4v) is 2.24. The van der Waals surface area contributed by atoms with Gasteiger partial charge in [-0.3, -0.25) is 0 Å². The molecule has 6 heteroatoms. The molecule has 0 aromatic carbocycles. The molecule has 3 heterocycles. The zero-order chi connectivity index (χ0) is 13.9. The lowest BCUT2D eigenvalue weighted by Crippen LogP contribution is -2.11. The highest BCUT2D eigenvalue weighted by atomic mass is 15.1. The second-order valence-electron chi connectivity index (χ2n) is 5.25. The van der Waals surface area contributed by atoms with Gasteiger partial charge in [0.2, 0.25) is 0 Å². The predicted octanol–water partition coefficient (Wildman–Crippen LogP) is 2.42. The van der Waals surface area contributed by atoms with Crippen LogP contribution < -0.4 is 5.32 Å². The normalized spacial score (nSPS) is 11.3. The third-order valence-corrected chi connectivity index (χ3v) is 3.15. The third-order valence-electron chi connectivity index (χ3n) is 3.15. The van der Waals surface area contributed by atoms with E-state index in [0.29, 0.717) is 12.5 Å². The van der Waals surface area contributed by atoms with Gasteiger partial charge in [-0.25, -0.2) is 15.0 Å². The zero-order valence-corrected chi connectivity index (χ0v) is 11.7. The predicted molar refractivity (Wildman–Crippen MR) is 78.3 cm³/mol. The minimum atomic E-state index is 0.596. The molecule has 0 aliphatic heterocycles. The van der Waals surface area contributed by atoms with E-state index in [1.165, 1.54) is 0 Å². The van der Waals surface area contributed by atoms with Crippen molar-refractivity contribution in [1.29, 1.82) is 0 Å². The van der Waals surface area contributed by atoms with E-state index in [1.807, 2.05) is 24.8 Å². The number of hydrogen-bond donors (Lipinski definition) is 2. The minimum Gasteiger partial charge on any atom is -0.364 e. The molecule has 0 bridgehead atoms. The molecule has 2 N–H and O–H groups in total. The number of aromatic amines is 1. The van der Waals surface area contributed by atoms with E-state index < -0.39 is 0 Å². The molecule has 0 unspecified atom stereocenters. The molecule has 0 saturated carbocycles. The van der Waals surface area contributed by atoms with Crippen molar-refractivity contribution in [3.05, 3.63) is 36.8 Å². The topological polar surface area (TPSA) is 71.4 Å². The van der Waals surface area contributed by atoms with Crippen molar-refractivity contribution in [2.24, 2.45) is 5.92 Å². The molecule has 0 atom stereocenters. The Morgan fingerprint density at radius 1 is 1.35 bits per heavy atom. The van der Waals surface area contributed by atoms with Gasteiger partial charge in [-0.05, 0) is 12.0 Å². The molecule has 3 aromatic rings. The molecular formula is C14H18N6. The van der Waals surface area contributed by atoms with Crippen LogP contribution in [0, 0.1) is 5.92 Å². The summed E-state index contributed by atoms with van der Waals surface area (Å²) in [6.07, 6.45) is 7.20. The van der Waals surface area contributed by atoms with Gasteiger partial charge in [0.05, 0.1) is 24.0 Å². The van der Waals surface area contributed by atoms with Gasteiger partial charge in [0, 0.05) is 18.9 Å². The summed E-state index contributed by atoms with van der Waals surface area (Å²) in [6, 6.07) is 1.98. The lowest BCUT2D eigenvalue weighted by Gasteiger charge is -2.11. The highest BCUT2D eigenvalue weighted by molar-refractivity contribution is 5.86. The molecular weight excluding hydrogens is 252 g/mol. The maximum absolute atomic E-state index is 4.30. The molecule has 20 heavy (non-hydrogen) atoms. The van der Waals surface area contributed by atoms with Gasteiger partial charge in [0.1, 0.15) is 17.8 Å². The Balaban J connectivity index is 1.76. The largest absolute Gasteiger partial charge is 0.364 e. The van der Waals surface area contributed by atoms with Gasteiger partial charge >= 0.3 is 0 Å². The van der Waals surface area contributed by atoms with E-state index in [4.69, 9.17) is 0 Å². The Morgan fingerprint density at radius 2 is 2.25 bits per heavy atom. The SMILES string of the molecule is CC(C)Cn1cncc1CNc1ncnc2[nH]ccc12. The molecule has 104 valence electrons. The number of H-pyrrole nitrogens is 1. The number of rotatable bonds is 5. The fraction of sp³-hybridized carbons (Fsp3) is 0.357. The molecule has 0 saturated heterocycles. The van der Waals surface area contributed by atoms with Gasteiger partial charge in [0.15, 0.2) is 0 Å². The van der Waals surface area contributed by atoms with E-state index >= 15 is 0 Å². The number of nitrogens with zero attached hydrogens (tertiary/aromatic N) is 4. The average Bonchev–Trinajstić information content (AvgIpc) is 3.04. The Bertz CT molecular complexity index is 696. The van der Waals surface area contributed by atoms with Crippen LogP contribution in [0.15, 0.2) is 31.1 Å². The van der Waals surface area contributed by atoms with Crippen LogP contribution in [0.1, 0.15) is 19.5 Å². The maximum Gasteiger partial charge on any atom is 0.142 e. The minimum absolute atomic E-state index is 0.596. The summed E-state index contributed by atoms with van der Waals surface area (Å²) in [5, 5.41) is 4.36. The number of nitrogens with one attached hydrogen (secondary N) is 2. The molecule has 3 aromatic heterocycles. The quantitative estimate of drug-likeness (QED) is 0.747. The lowest BCUT2D eigenvalue weighted by atomic mass is 10.2. The summed E-state index contributed by atoms with van der Waals surface area (Å²) in [4.78, 5) is 15.8. The number of aromatic nitrogens is 5. The van der Waals surface area contributed by atoms with Crippen LogP contribution in [0.25, 0.3) is 11.0 Å². The summed E-state index contributed by atoms with van der Waals surface area (Å²) < 4.78 is 2.17. The van der Waals surface area contributed by atoms with Crippen molar-refractivity contribution in [2.75, 3.05) is 5.32 Å². The van der Waals surface area contributed by atoms with E-state index in [2.05, 4.69) is 43.7 Å². The van der Waals surface area contributed by atoms with Crippen molar-refractivity contribution >= 4 is 16.9 Å². The van der Waals surface area contributed by atoms with Crippen molar-refractivity contribution in [2.45, 2.75) is 26.9 Å². The van der Waals surface area contributed by atoms with Gasteiger partial charge in [-0.2, -0.15) is 0 Å². The number of anilines is 1. The van der Waals surface area contributed by atoms with E-state index in [1.54, 1.807) is 6.33 Å². The van der Waals surface area contributed by atoms with E-state index in [9.17, 15) is 0 Å². The maximum atomic E-state index is 4.30. The first kappa shape index (κ1) is 12.7. The van der Waals surface area contributed by atoms with Crippen LogP contribution in [0.4, 0.5) is 5.82 Å². The number of imidazole rings is 1. The van der Waals surface area contributed by atoms with Gasteiger partial charge in [-0.1, -0.05) is 13.8 Å². The first-order chi connectivity index (χ1) is 9.74. The van der Waals surface area contributed by atoms with Crippen LogP contribution >= 0.6 is 0 Å². The third kappa shape index (κ3) is 2.49. The van der Waals surface area contributed by atoms with Crippen LogP contribution in [-0.4, -0.2) is 24.5 Å². The highest BCUT2D eigenvalue weighted by Gasteiger charge is 2.07. The second kappa shape index (κ2) is 5.32. The van der Waals surface area contributed by atoms with Crippen LogP contribution in [0.2, 0.25) is 0 Å². The highest BCUT2D eigenvalue weighted by Crippen LogP contribution is 2.18. The summed E-state index contributed by atoms with van der Waals surface area (Å²) in [7, 11) is 0. The molecule has 0 fully saturated rings. The Morgan fingerprint density at radius 3 is 3.10 bits per heavy atom. The van der Waals surface area contributed by atoms with Gasteiger partial charge < -0.3 is 14.9 Å². The van der Waals surface area contributed by atoms with E-state index in [0.717, 1.165) is 29.1 Å². The smallest absolute Gasteiger partial charge is 0.142 e. The summed E-state index contributed by atoms with van der Waals surface area (Å²) >= 11 is 0. The Labute approximate surface area is 117 Å². The van der Waals surface area contributed by atoms with Crippen molar-refractivity contribution in [3.63, 3.8) is 0 Å². The number of hydrogen-bond acceptors (Lipinski definition) is 4. The molecule has 0 radical (unpaired) electrons. The van der Waals surface area contributed by atoms with Crippen LogP contribution in [-0.2, 0) is 13.1 Å². The zero-order valence-electron chi connectivity index (χ0n) is 11.7. The van der Waals surface area contributed by atoms with Crippen molar-refractivity contribution < 1.29 is 0 Å². The molecule has 0 aliphatic carbocycles. The summed E-state index contributed by atoms with van der Waals surface area (Å²) in [5.74, 6) is 1.44. The van der Waals surface area contributed by atoms with Gasteiger partial charge in [0.25, 0.3) is 0 Å². The monoisotopic (exact) mass is 270 g/mol. The fourth-order valence-electron chi connectivity index (χ4n) is 2.24. The summed E-state index contributed by atoms with van der Waals surface area (Å²) in [6.45, 7) is 6.07. The molecule has 0 spiro atoms. The summed E-state index contributed by atoms with van der Waals surface area (Å²) in [5.41, 5.74) is 2.00. The van der Waals surface area contributed by atoms with Crippen LogP contribution in [0.3, 0.4) is 0 Å². The van der Waals surface area contributed by atoms with Gasteiger partial charge in [-0.15, -0.1) is 0 Å². The second-order valence-corrected chi connectivity index (χ2v) is 5.25. The first-order valence-electron chi connectivity index (χ1n) is 6.75. The Kier molecular flexibility index (Phi) is 3.37. The average molecular weight is 270 g/mol. The first-order valence-corrected chi connectivity index (χ1v) is 6.75. The van der Waals surface area contributed by atoms with E-state index in [-0.39, 0.29) is 0 Å². The molecule has 6 nitrogen and oxygen atoms in total. The molecule has 0 amide bonds. The Hall–Kier alpha value is -2.37. The standard InChI is InChI=1S/C14H18N6/c1-10(2)7-20-9-15-5-11(20)6-17-14-12-3-4-16-13(12)18-8-19-14/h3-5,8-10H,6-7H2,1-2H3,(H2,16,17,18,19).